The Bertz CT molecular complexity index is 747. The van der Waals surface area contributed by atoms with Crippen molar-refractivity contribution in [1.82, 2.24) is 0 Å². The zero-order valence-electron chi connectivity index (χ0n) is 28.0. The number of hydrogen-bond acceptors (Lipinski definition) is 5. The first kappa shape index (κ1) is 37.0. The second-order valence-corrected chi connectivity index (χ2v) is 29.4. The molecule has 9 heteroatoms. The van der Waals surface area contributed by atoms with Gasteiger partial charge in [0.15, 0.2) is 25.0 Å². The molecule has 0 bridgehead atoms. The Labute approximate surface area is 244 Å². The first-order valence-electron chi connectivity index (χ1n) is 15.5. The Kier molecular flexibility index (Phi) is 13.7. The van der Waals surface area contributed by atoms with Crippen molar-refractivity contribution in [3.05, 3.63) is 0 Å². The van der Waals surface area contributed by atoms with Crippen LogP contribution in [-0.2, 0) is 22.8 Å². The van der Waals surface area contributed by atoms with Crippen LogP contribution < -0.4 is 0 Å². The molecule has 0 aromatic rings. The Balaban J connectivity index is 3.10. The highest BCUT2D eigenvalue weighted by atomic mass is 28.4. The van der Waals surface area contributed by atoms with Crippen LogP contribution in [0, 0.1) is 5.92 Å². The molecule has 2 unspecified atom stereocenters. The van der Waals surface area contributed by atoms with Crippen LogP contribution in [0.2, 0.25) is 54.4 Å². The van der Waals surface area contributed by atoms with E-state index in [1.165, 1.54) is 0 Å². The lowest BCUT2D eigenvalue weighted by Crippen LogP contribution is -2.48. The van der Waals surface area contributed by atoms with Gasteiger partial charge in [0.2, 0.25) is 0 Å². The largest absolute Gasteiger partial charge is 0.481 e. The fraction of sp³-hybridized carbons (Fsp3) is 0.967. The molecule has 0 spiro atoms. The lowest BCUT2D eigenvalue weighted by atomic mass is 9.96. The third-order valence-corrected chi connectivity index (χ3v) is 23.8. The summed E-state index contributed by atoms with van der Waals surface area (Å²) in [7, 11) is -5.75. The molecule has 39 heavy (non-hydrogen) atoms. The van der Waals surface area contributed by atoms with Crippen molar-refractivity contribution >= 4 is 30.9 Å². The molecule has 0 aromatic heterocycles. The minimum atomic E-state index is -1.99. The smallest absolute Gasteiger partial charge is 0.303 e. The molecule has 6 nitrogen and oxygen atoms in total. The van der Waals surface area contributed by atoms with Crippen LogP contribution in [0.3, 0.4) is 0 Å². The molecule has 1 rings (SSSR count). The molecule has 1 saturated heterocycles. The second kappa shape index (κ2) is 14.4. The molecule has 232 valence electrons. The monoisotopic (exact) mass is 604 g/mol. The van der Waals surface area contributed by atoms with Crippen LogP contribution in [0.5, 0.6) is 0 Å². The first-order chi connectivity index (χ1) is 17.6. The van der Waals surface area contributed by atoms with Gasteiger partial charge in [-0.05, 0) is 73.2 Å². The van der Waals surface area contributed by atoms with Gasteiger partial charge in [0, 0.05) is 6.42 Å². The highest BCUT2D eigenvalue weighted by molar-refractivity contribution is 6.75. The lowest BCUT2D eigenvalue weighted by molar-refractivity contribution is -0.139. The summed E-state index contributed by atoms with van der Waals surface area (Å²) in [5.74, 6) is -0.861. The summed E-state index contributed by atoms with van der Waals surface area (Å²) in [4.78, 5) is 11.5. The maximum Gasteiger partial charge on any atom is 0.303 e. The van der Waals surface area contributed by atoms with E-state index in [4.69, 9.17) is 18.0 Å². The van der Waals surface area contributed by atoms with Gasteiger partial charge in [-0.1, -0.05) is 69.2 Å². The van der Waals surface area contributed by atoms with Crippen molar-refractivity contribution in [2.45, 2.75) is 174 Å². The quantitative estimate of drug-likeness (QED) is 0.177. The average Bonchev–Trinajstić information content (AvgIpc) is 3.20. The van der Waals surface area contributed by atoms with E-state index in [2.05, 4.69) is 88.5 Å². The number of carboxylic acids is 1. The summed E-state index contributed by atoms with van der Waals surface area (Å²) in [5, 5.41) is 9.76. The van der Waals surface area contributed by atoms with Crippen LogP contribution in [0.1, 0.15) is 94.9 Å². The van der Waals surface area contributed by atoms with Gasteiger partial charge in [-0.15, -0.1) is 0 Å². The van der Waals surface area contributed by atoms with Gasteiger partial charge in [0.1, 0.15) is 0 Å². The molecular weight excluding hydrogens is 541 g/mol. The summed E-state index contributed by atoms with van der Waals surface area (Å²) in [6.07, 6.45) is 2.55. The lowest BCUT2D eigenvalue weighted by Gasteiger charge is -2.41. The van der Waals surface area contributed by atoms with Crippen molar-refractivity contribution in [2.24, 2.45) is 5.92 Å². The summed E-state index contributed by atoms with van der Waals surface area (Å²) < 4.78 is 27.2. The van der Waals surface area contributed by atoms with Gasteiger partial charge in [-0.2, -0.15) is 0 Å². The van der Waals surface area contributed by atoms with E-state index in [0.29, 0.717) is 6.61 Å². The molecule has 1 heterocycles. The van der Waals surface area contributed by atoms with Crippen molar-refractivity contribution in [3.8, 4) is 0 Å². The summed E-state index contributed by atoms with van der Waals surface area (Å²) in [6.45, 7) is 32.3. The molecular formula is C30H64O6Si3. The molecule has 1 aliphatic heterocycles. The maximum absolute atomic E-state index is 11.5. The number of hydrogen-bond donors (Lipinski definition) is 1. The molecule has 0 aromatic carbocycles. The molecule has 0 saturated carbocycles. The van der Waals surface area contributed by atoms with E-state index >= 15 is 0 Å². The molecule has 0 radical (unpaired) electrons. The van der Waals surface area contributed by atoms with Gasteiger partial charge in [0.25, 0.3) is 0 Å². The normalized spacial score (nSPS) is 23.2. The molecule has 1 N–H and O–H groups in total. The molecule has 0 amide bonds. The van der Waals surface area contributed by atoms with Gasteiger partial charge >= 0.3 is 5.97 Å². The minimum absolute atomic E-state index is 0.0221. The third-order valence-electron chi connectivity index (χ3n) is 10.1. The zero-order chi connectivity index (χ0) is 30.4. The standard InChI is InChI=1S/C30H64O6Si3/c1-15-39(16-2,17-3)36-26-21-24(34-28(26)23(4)20-27(31)32)18-19-25(35-38(13,14)30(8,9)10)22-33-37(11,12)29(5,6)7/h23-26,28H,15-22H2,1-14H3,(H,31,32)/t23-,24?,25+,26-,28?/m0/s1. The fourth-order valence-corrected chi connectivity index (χ4v) is 10.2. The summed E-state index contributed by atoms with van der Waals surface area (Å²) in [5.41, 5.74) is 0. The molecule has 5 atom stereocenters. The highest BCUT2D eigenvalue weighted by Crippen LogP contribution is 2.41. The summed E-state index contributed by atoms with van der Waals surface area (Å²) in [6, 6.07) is 3.23. The Morgan fingerprint density at radius 2 is 1.46 bits per heavy atom. The maximum atomic E-state index is 11.5. The van der Waals surface area contributed by atoms with Crippen LogP contribution in [0.15, 0.2) is 0 Å². The van der Waals surface area contributed by atoms with E-state index in [9.17, 15) is 9.90 Å². The number of carboxylic acid groups (broad SMARTS) is 1. The van der Waals surface area contributed by atoms with Crippen molar-refractivity contribution in [3.63, 3.8) is 0 Å². The predicted octanol–water partition coefficient (Wildman–Crippen LogP) is 8.84. The predicted molar refractivity (Wildman–Crippen MR) is 171 cm³/mol. The van der Waals surface area contributed by atoms with E-state index in [1.54, 1.807) is 0 Å². The fourth-order valence-electron chi connectivity index (χ4n) is 4.93. The van der Waals surface area contributed by atoms with Crippen molar-refractivity contribution < 1.29 is 27.9 Å². The van der Waals surface area contributed by atoms with E-state index in [-0.39, 0.29) is 46.8 Å². The summed E-state index contributed by atoms with van der Waals surface area (Å²) >= 11 is 0. The molecule has 1 fully saturated rings. The number of rotatable bonds is 16. The Morgan fingerprint density at radius 1 is 0.949 bits per heavy atom. The SMILES string of the molecule is CC[Si](CC)(CC)O[C@H]1CC(CC[C@H](CO[Si](C)(C)C(C)(C)C)O[Si](C)(C)C(C)(C)C)OC1[C@@H](C)CC(=O)O. The van der Waals surface area contributed by atoms with Crippen molar-refractivity contribution in [1.29, 1.82) is 0 Å². The van der Waals surface area contributed by atoms with E-state index in [1.807, 2.05) is 6.92 Å². The Hall–Kier alpha value is -0.0394. The topological polar surface area (TPSA) is 74.2 Å². The first-order valence-corrected chi connectivity index (χ1v) is 23.8. The minimum Gasteiger partial charge on any atom is -0.481 e. The average molecular weight is 605 g/mol. The third kappa shape index (κ3) is 10.6. The molecule has 1 aliphatic rings. The van der Waals surface area contributed by atoms with Gasteiger partial charge in [-0.3, -0.25) is 4.79 Å². The van der Waals surface area contributed by atoms with Crippen molar-refractivity contribution in [2.75, 3.05) is 6.61 Å². The van der Waals surface area contributed by atoms with Crippen LogP contribution in [0.4, 0.5) is 0 Å². The molecule has 0 aliphatic carbocycles. The van der Waals surface area contributed by atoms with Crippen LogP contribution in [0.25, 0.3) is 0 Å². The number of carbonyl (C=O) groups is 1. The van der Waals surface area contributed by atoms with E-state index in [0.717, 1.165) is 37.4 Å². The van der Waals surface area contributed by atoms with Crippen LogP contribution in [-0.4, -0.2) is 67.1 Å². The number of ether oxygens (including phenoxy) is 1. The number of aliphatic carboxylic acids is 1. The Morgan fingerprint density at radius 3 is 1.90 bits per heavy atom. The van der Waals surface area contributed by atoms with Gasteiger partial charge in [0.05, 0.1) is 37.4 Å². The van der Waals surface area contributed by atoms with Gasteiger partial charge in [-0.25, -0.2) is 0 Å². The van der Waals surface area contributed by atoms with Crippen LogP contribution >= 0.6 is 0 Å². The highest BCUT2D eigenvalue weighted by Gasteiger charge is 2.45. The van der Waals surface area contributed by atoms with E-state index < -0.39 is 30.9 Å². The second-order valence-electron chi connectivity index (χ2n) is 15.1. The zero-order valence-corrected chi connectivity index (χ0v) is 31.0. The van der Waals surface area contributed by atoms with Gasteiger partial charge < -0.3 is 23.1 Å².